The van der Waals surface area contributed by atoms with Crippen LogP contribution >= 0.6 is 0 Å². The Morgan fingerprint density at radius 3 is 2.38 bits per heavy atom. The van der Waals surface area contributed by atoms with E-state index in [-0.39, 0.29) is 0 Å². The Bertz CT molecular complexity index is 252. The lowest BCUT2D eigenvalue weighted by molar-refractivity contribution is -0.134. The molecular formula is C10H11NO2. The van der Waals surface area contributed by atoms with E-state index in [1.54, 1.807) is 4.90 Å². The van der Waals surface area contributed by atoms with Gasteiger partial charge < -0.3 is 9.64 Å². The second kappa shape index (κ2) is 6.82. The molecule has 13 heavy (non-hydrogen) atoms. The summed E-state index contributed by atoms with van der Waals surface area (Å²) in [5.74, 6) is 4.41. The molecule has 0 rings (SSSR count). The van der Waals surface area contributed by atoms with Gasteiger partial charge in [-0.1, -0.05) is 11.8 Å². The zero-order chi connectivity index (χ0) is 10.1. The van der Waals surface area contributed by atoms with Gasteiger partial charge in [-0.2, -0.15) is 0 Å². The van der Waals surface area contributed by atoms with Gasteiger partial charge >= 0.3 is 5.97 Å². The van der Waals surface area contributed by atoms with Crippen molar-refractivity contribution < 1.29 is 9.53 Å². The minimum Gasteiger partial charge on any atom is -0.466 e. The van der Waals surface area contributed by atoms with Crippen LogP contribution in [0.15, 0.2) is 12.3 Å². The van der Waals surface area contributed by atoms with E-state index in [0.29, 0.717) is 13.1 Å². The monoisotopic (exact) mass is 177 g/mol. The van der Waals surface area contributed by atoms with E-state index >= 15 is 0 Å². The largest absolute Gasteiger partial charge is 0.466 e. The predicted octanol–water partition coefficient (Wildman–Crippen LogP) is 0.242. The lowest BCUT2D eigenvalue weighted by Crippen LogP contribution is -2.18. The molecule has 0 radical (unpaired) electrons. The van der Waals surface area contributed by atoms with Gasteiger partial charge in [0.2, 0.25) is 0 Å². The lowest BCUT2D eigenvalue weighted by atomic mass is 10.5. The minimum absolute atomic E-state index is 0.373. The first kappa shape index (κ1) is 11.1. The maximum Gasteiger partial charge on any atom is 0.331 e. The summed E-state index contributed by atoms with van der Waals surface area (Å²) in [5, 5.41) is 0. The van der Waals surface area contributed by atoms with Gasteiger partial charge in [0, 0.05) is 12.3 Å². The molecule has 0 fully saturated rings. The number of carbonyl (C=O) groups is 1. The van der Waals surface area contributed by atoms with Crippen molar-refractivity contribution in [2.24, 2.45) is 0 Å². The van der Waals surface area contributed by atoms with E-state index in [4.69, 9.17) is 12.8 Å². The summed E-state index contributed by atoms with van der Waals surface area (Å²) in [6.07, 6.45) is 13.0. The minimum atomic E-state index is -0.431. The maximum atomic E-state index is 10.7. The number of rotatable bonds is 4. The number of hydrogen-bond donors (Lipinski definition) is 0. The van der Waals surface area contributed by atoms with Crippen LogP contribution in [0.3, 0.4) is 0 Å². The van der Waals surface area contributed by atoms with Gasteiger partial charge in [-0.05, 0) is 0 Å². The van der Waals surface area contributed by atoms with Gasteiger partial charge in [-0.3, -0.25) is 0 Å². The van der Waals surface area contributed by atoms with Crippen LogP contribution in [0, 0.1) is 24.7 Å². The van der Waals surface area contributed by atoms with Crippen LogP contribution in [0.1, 0.15) is 0 Å². The Morgan fingerprint density at radius 2 is 2.00 bits per heavy atom. The first-order chi connectivity index (χ1) is 6.24. The Morgan fingerprint density at radius 1 is 1.46 bits per heavy atom. The second-order valence-electron chi connectivity index (χ2n) is 2.15. The van der Waals surface area contributed by atoms with Crippen LogP contribution in [0.5, 0.6) is 0 Å². The number of ether oxygens (including phenoxy) is 1. The number of carbonyl (C=O) groups excluding carboxylic acids is 1. The van der Waals surface area contributed by atoms with Crippen LogP contribution in [-0.2, 0) is 9.53 Å². The Labute approximate surface area is 78.4 Å². The Hall–Kier alpha value is -1.87. The van der Waals surface area contributed by atoms with Gasteiger partial charge in [0.1, 0.15) is 0 Å². The van der Waals surface area contributed by atoms with Crippen molar-refractivity contribution in [1.29, 1.82) is 0 Å². The quantitative estimate of drug-likeness (QED) is 0.350. The number of nitrogens with zero attached hydrogens (tertiary/aromatic N) is 1. The lowest BCUT2D eigenvalue weighted by Gasteiger charge is -2.12. The third-order valence-electron chi connectivity index (χ3n) is 1.21. The van der Waals surface area contributed by atoms with Crippen LogP contribution in [-0.4, -0.2) is 31.1 Å². The van der Waals surface area contributed by atoms with Gasteiger partial charge in [0.15, 0.2) is 0 Å². The standard InChI is InChI=1S/C10H11NO2/c1-4-7-11(8-5-2)9-6-10(12)13-3/h1-2,6,9H,7-8H2,3H3/b9-6+. The van der Waals surface area contributed by atoms with Crippen molar-refractivity contribution in [3.63, 3.8) is 0 Å². The number of terminal acetylenes is 2. The van der Waals surface area contributed by atoms with E-state index in [1.807, 2.05) is 0 Å². The van der Waals surface area contributed by atoms with E-state index in [0.717, 1.165) is 0 Å². The molecule has 0 saturated carbocycles. The Kier molecular flexibility index (Phi) is 5.84. The first-order valence-corrected chi connectivity index (χ1v) is 3.61. The Balaban J connectivity index is 4.10. The number of hydrogen-bond acceptors (Lipinski definition) is 3. The molecule has 0 aromatic carbocycles. The molecule has 0 saturated heterocycles. The number of esters is 1. The molecule has 0 aromatic heterocycles. The second-order valence-corrected chi connectivity index (χ2v) is 2.15. The molecule has 0 aliphatic heterocycles. The normalized spacial score (nSPS) is 8.85. The van der Waals surface area contributed by atoms with E-state index < -0.39 is 5.97 Å². The first-order valence-electron chi connectivity index (χ1n) is 3.61. The molecule has 0 aliphatic rings. The average molecular weight is 177 g/mol. The van der Waals surface area contributed by atoms with Crippen LogP contribution in [0.25, 0.3) is 0 Å². The fourth-order valence-corrected chi connectivity index (χ4v) is 0.630. The smallest absolute Gasteiger partial charge is 0.331 e. The molecular weight excluding hydrogens is 166 g/mol. The summed E-state index contributed by atoms with van der Waals surface area (Å²) in [6, 6.07) is 0. The van der Waals surface area contributed by atoms with Crippen molar-refractivity contribution >= 4 is 5.97 Å². The third-order valence-corrected chi connectivity index (χ3v) is 1.21. The SMILES string of the molecule is C#CCN(/C=C/C(=O)OC)CC#C. The van der Waals surface area contributed by atoms with Gasteiger partial charge in [-0.25, -0.2) is 4.79 Å². The van der Waals surface area contributed by atoms with Gasteiger partial charge in [-0.15, -0.1) is 12.8 Å². The zero-order valence-corrected chi connectivity index (χ0v) is 7.49. The molecule has 0 heterocycles. The van der Waals surface area contributed by atoms with Crippen LogP contribution < -0.4 is 0 Å². The summed E-state index contributed by atoms with van der Waals surface area (Å²) in [6.45, 7) is 0.745. The van der Waals surface area contributed by atoms with Crippen LogP contribution in [0.2, 0.25) is 0 Å². The fraction of sp³-hybridized carbons (Fsp3) is 0.300. The summed E-state index contributed by atoms with van der Waals surface area (Å²) in [5.41, 5.74) is 0. The third kappa shape index (κ3) is 5.41. The summed E-state index contributed by atoms with van der Waals surface area (Å²) >= 11 is 0. The molecule has 0 aromatic rings. The van der Waals surface area contributed by atoms with Gasteiger partial charge in [0.25, 0.3) is 0 Å². The molecule has 68 valence electrons. The zero-order valence-electron chi connectivity index (χ0n) is 7.49. The van der Waals surface area contributed by atoms with Crippen molar-refractivity contribution in [3.8, 4) is 24.7 Å². The summed E-state index contributed by atoms with van der Waals surface area (Å²) < 4.78 is 4.40. The average Bonchev–Trinajstić information content (AvgIpc) is 2.14. The molecule has 0 unspecified atom stereocenters. The molecule has 3 heteroatoms. The highest BCUT2D eigenvalue weighted by atomic mass is 16.5. The number of methoxy groups -OCH3 is 1. The molecule has 0 spiro atoms. The molecule has 0 N–H and O–H groups in total. The van der Waals surface area contributed by atoms with Crippen molar-refractivity contribution in [3.05, 3.63) is 12.3 Å². The van der Waals surface area contributed by atoms with Crippen molar-refractivity contribution in [1.82, 2.24) is 4.90 Å². The predicted molar refractivity (Wildman–Crippen MR) is 50.4 cm³/mol. The van der Waals surface area contributed by atoms with Crippen LogP contribution in [0.4, 0.5) is 0 Å². The maximum absolute atomic E-state index is 10.7. The molecule has 0 bridgehead atoms. The topological polar surface area (TPSA) is 29.5 Å². The molecule has 3 nitrogen and oxygen atoms in total. The molecule has 0 amide bonds. The highest BCUT2D eigenvalue weighted by molar-refractivity contribution is 5.81. The highest BCUT2D eigenvalue weighted by Crippen LogP contribution is 1.88. The van der Waals surface area contributed by atoms with E-state index in [2.05, 4.69) is 16.6 Å². The highest BCUT2D eigenvalue weighted by Gasteiger charge is 1.95. The van der Waals surface area contributed by atoms with Gasteiger partial charge in [0.05, 0.1) is 20.2 Å². The molecule has 0 atom stereocenters. The van der Waals surface area contributed by atoms with Crippen molar-refractivity contribution in [2.45, 2.75) is 0 Å². The fourth-order valence-electron chi connectivity index (χ4n) is 0.630. The summed E-state index contributed by atoms with van der Waals surface area (Å²) in [7, 11) is 1.30. The van der Waals surface area contributed by atoms with E-state index in [1.165, 1.54) is 19.4 Å². The van der Waals surface area contributed by atoms with Crippen molar-refractivity contribution in [2.75, 3.05) is 20.2 Å². The van der Waals surface area contributed by atoms with E-state index in [9.17, 15) is 4.79 Å². The summed E-state index contributed by atoms with van der Waals surface area (Å²) in [4.78, 5) is 12.3. The molecule has 0 aliphatic carbocycles.